The van der Waals surface area contributed by atoms with Gasteiger partial charge in [0.05, 0.1) is 18.4 Å². The molecule has 4 aliphatic rings. The fourth-order valence-corrected chi connectivity index (χ4v) is 6.20. The zero-order valence-corrected chi connectivity index (χ0v) is 25.2. The Morgan fingerprint density at radius 2 is 1.86 bits per heavy atom. The minimum absolute atomic E-state index is 0.149. The average Bonchev–Trinajstić information content (AvgIpc) is 3.75. The highest BCUT2D eigenvalue weighted by molar-refractivity contribution is 5.92. The van der Waals surface area contributed by atoms with Crippen LogP contribution in [-0.2, 0) is 35.5 Å². The molecule has 0 saturated heterocycles. The van der Waals surface area contributed by atoms with Crippen LogP contribution in [0.4, 0.5) is 27.8 Å². The van der Waals surface area contributed by atoms with Crippen molar-refractivity contribution >= 4 is 35.0 Å². The zero-order valence-electron chi connectivity index (χ0n) is 25.2. The number of rotatable bonds is 4. The van der Waals surface area contributed by atoms with Crippen LogP contribution in [-0.4, -0.2) is 74.5 Å². The summed E-state index contributed by atoms with van der Waals surface area (Å²) < 4.78 is 13.3. The SMILES string of the molecule is Cc1c(N2CCc3cnc(Nc4cc5n(n4)CC(=O)N(C4CC4)CC5)cc3C2)cnc2c1N(C(=O)OC(C)(C)C)CCO2. The maximum atomic E-state index is 13.1. The number of aromatic nitrogens is 4. The fraction of sp³-hybridized carbons (Fsp3) is 0.516. The van der Waals surface area contributed by atoms with E-state index < -0.39 is 11.7 Å². The van der Waals surface area contributed by atoms with Gasteiger partial charge in [-0.15, -0.1) is 0 Å². The van der Waals surface area contributed by atoms with Crippen molar-refractivity contribution in [2.75, 3.05) is 41.4 Å². The number of hydrogen-bond donors (Lipinski definition) is 1. The summed E-state index contributed by atoms with van der Waals surface area (Å²) in [6.07, 6.45) is 7.24. The quantitative estimate of drug-likeness (QED) is 0.485. The third-order valence-corrected chi connectivity index (χ3v) is 8.44. The Labute approximate surface area is 251 Å². The van der Waals surface area contributed by atoms with E-state index in [-0.39, 0.29) is 12.5 Å². The molecule has 1 aliphatic carbocycles. The second-order valence-corrected chi connectivity index (χ2v) is 12.8. The molecule has 1 fully saturated rings. The molecule has 3 aromatic heterocycles. The number of hydrogen-bond acceptors (Lipinski definition) is 9. The summed E-state index contributed by atoms with van der Waals surface area (Å²) in [5.41, 5.74) is 5.38. The van der Waals surface area contributed by atoms with E-state index in [1.54, 1.807) is 4.90 Å². The number of ether oxygens (including phenoxy) is 2. The summed E-state index contributed by atoms with van der Waals surface area (Å²) in [5, 5.41) is 8.05. The second-order valence-electron chi connectivity index (χ2n) is 12.8. The molecule has 43 heavy (non-hydrogen) atoms. The molecule has 226 valence electrons. The van der Waals surface area contributed by atoms with E-state index in [1.807, 2.05) is 55.7 Å². The van der Waals surface area contributed by atoms with Crippen LogP contribution < -0.4 is 19.9 Å². The van der Waals surface area contributed by atoms with Crippen molar-refractivity contribution in [1.29, 1.82) is 0 Å². The maximum absolute atomic E-state index is 13.1. The summed E-state index contributed by atoms with van der Waals surface area (Å²) >= 11 is 0. The van der Waals surface area contributed by atoms with E-state index in [4.69, 9.17) is 9.47 Å². The molecule has 3 aromatic rings. The van der Waals surface area contributed by atoms with Crippen molar-refractivity contribution in [1.82, 2.24) is 24.6 Å². The van der Waals surface area contributed by atoms with Gasteiger partial charge in [0.1, 0.15) is 30.3 Å². The first kappa shape index (κ1) is 27.5. The molecule has 1 saturated carbocycles. The highest BCUT2D eigenvalue weighted by atomic mass is 16.6. The van der Waals surface area contributed by atoms with Gasteiger partial charge >= 0.3 is 6.09 Å². The van der Waals surface area contributed by atoms with Crippen LogP contribution in [0.1, 0.15) is 56.0 Å². The molecule has 1 N–H and O–H groups in total. The Kier molecular flexibility index (Phi) is 6.66. The van der Waals surface area contributed by atoms with Crippen LogP contribution in [0.25, 0.3) is 0 Å². The molecule has 2 amide bonds. The Hall–Kier alpha value is -4.35. The minimum Gasteiger partial charge on any atom is -0.474 e. The summed E-state index contributed by atoms with van der Waals surface area (Å²) in [5.74, 6) is 2.01. The number of amides is 2. The van der Waals surface area contributed by atoms with Gasteiger partial charge in [0, 0.05) is 55.6 Å². The molecule has 12 heteroatoms. The molecule has 0 bridgehead atoms. The number of carbonyl (C=O) groups excluding carboxylic acids is 2. The topological polar surface area (TPSA) is 118 Å². The average molecular weight is 587 g/mol. The second kappa shape index (κ2) is 10.4. The van der Waals surface area contributed by atoms with Crippen LogP contribution in [0.2, 0.25) is 0 Å². The summed E-state index contributed by atoms with van der Waals surface area (Å²) in [6, 6.07) is 4.52. The van der Waals surface area contributed by atoms with Gasteiger partial charge in [-0.2, -0.15) is 5.10 Å². The molecule has 12 nitrogen and oxygen atoms in total. The third-order valence-electron chi connectivity index (χ3n) is 8.44. The maximum Gasteiger partial charge on any atom is 0.415 e. The van der Waals surface area contributed by atoms with Gasteiger partial charge in [0.25, 0.3) is 0 Å². The van der Waals surface area contributed by atoms with E-state index in [0.29, 0.717) is 48.9 Å². The van der Waals surface area contributed by atoms with E-state index in [1.165, 1.54) is 5.56 Å². The smallest absolute Gasteiger partial charge is 0.415 e. The molecule has 0 atom stereocenters. The molecule has 0 unspecified atom stereocenters. The molecule has 0 radical (unpaired) electrons. The summed E-state index contributed by atoms with van der Waals surface area (Å²) in [6.45, 7) is 10.9. The predicted octanol–water partition coefficient (Wildman–Crippen LogP) is 3.97. The molecule has 3 aliphatic heterocycles. The number of pyridine rings is 2. The zero-order chi connectivity index (χ0) is 29.9. The fourth-order valence-electron chi connectivity index (χ4n) is 6.20. The Morgan fingerprint density at radius 3 is 2.65 bits per heavy atom. The van der Waals surface area contributed by atoms with Crippen LogP contribution in [0.3, 0.4) is 0 Å². The standard InChI is InChI=1S/C31H38N8O4/c1-19-24(16-33-29-28(19)38(11-12-42-29)30(41)43-31(2,3)4)36-9-7-20-15-32-25(13-21(20)17-36)34-26-14-23-8-10-37(22-5-6-22)27(40)18-39(23)35-26/h13-16,22H,5-12,17-18H2,1-4H3,(H,32,34,35). The Balaban J connectivity index is 1.09. The van der Waals surface area contributed by atoms with Gasteiger partial charge < -0.3 is 24.6 Å². The van der Waals surface area contributed by atoms with Gasteiger partial charge in [0.15, 0.2) is 5.82 Å². The first-order valence-electron chi connectivity index (χ1n) is 15.1. The van der Waals surface area contributed by atoms with Gasteiger partial charge in [-0.1, -0.05) is 0 Å². The van der Waals surface area contributed by atoms with Crippen molar-refractivity contribution in [3.05, 3.63) is 46.9 Å². The molecular weight excluding hydrogens is 548 g/mol. The van der Waals surface area contributed by atoms with Crippen LogP contribution in [0.15, 0.2) is 24.5 Å². The molecule has 6 heterocycles. The highest BCUT2D eigenvalue weighted by Crippen LogP contribution is 2.40. The van der Waals surface area contributed by atoms with Crippen LogP contribution in [0, 0.1) is 6.92 Å². The summed E-state index contributed by atoms with van der Waals surface area (Å²) in [4.78, 5) is 41.0. The van der Waals surface area contributed by atoms with Gasteiger partial charge in [0.2, 0.25) is 11.8 Å². The minimum atomic E-state index is -0.602. The number of carbonyl (C=O) groups is 2. The molecule has 7 rings (SSSR count). The lowest BCUT2D eigenvalue weighted by atomic mass is 10.0. The molecule has 0 aromatic carbocycles. The van der Waals surface area contributed by atoms with Gasteiger partial charge in [-0.3, -0.25) is 14.4 Å². The Morgan fingerprint density at radius 1 is 1.02 bits per heavy atom. The number of nitrogens with one attached hydrogen (secondary N) is 1. The van der Waals surface area contributed by atoms with Crippen molar-refractivity contribution in [2.45, 2.75) is 78.1 Å². The van der Waals surface area contributed by atoms with Crippen LogP contribution >= 0.6 is 0 Å². The predicted molar refractivity (Wildman–Crippen MR) is 161 cm³/mol. The Bertz CT molecular complexity index is 1590. The largest absolute Gasteiger partial charge is 0.474 e. The monoisotopic (exact) mass is 586 g/mol. The molecule has 0 spiro atoms. The van der Waals surface area contributed by atoms with Crippen LogP contribution in [0.5, 0.6) is 5.88 Å². The normalized spacial score (nSPS) is 18.3. The van der Waals surface area contributed by atoms with E-state index in [9.17, 15) is 9.59 Å². The molecular formula is C31H38N8O4. The van der Waals surface area contributed by atoms with Crippen molar-refractivity contribution in [3.8, 4) is 5.88 Å². The van der Waals surface area contributed by atoms with Gasteiger partial charge in [-0.05, 0) is 64.2 Å². The van der Waals surface area contributed by atoms with Crippen molar-refractivity contribution in [2.24, 2.45) is 0 Å². The van der Waals surface area contributed by atoms with E-state index in [0.717, 1.165) is 61.3 Å². The summed E-state index contributed by atoms with van der Waals surface area (Å²) in [7, 11) is 0. The first-order valence-corrected chi connectivity index (χ1v) is 15.1. The first-order chi connectivity index (χ1) is 20.6. The number of anilines is 4. The van der Waals surface area contributed by atoms with E-state index in [2.05, 4.69) is 31.3 Å². The van der Waals surface area contributed by atoms with Crippen molar-refractivity contribution in [3.63, 3.8) is 0 Å². The lowest BCUT2D eigenvalue weighted by molar-refractivity contribution is -0.132. The van der Waals surface area contributed by atoms with Crippen molar-refractivity contribution < 1.29 is 19.1 Å². The number of nitrogens with zero attached hydrogens (tertiary/aromatic N) is 7. The lowest BCUT2D eigenvalue weighted by Crippen LogP contribution is -2.42. The number of fused-ring (bicyclic) bond motifs is 3. The lowest BCUT2D eigenvalue weighted by Gasteiger charge is -2.35. The third kappa shape index (κ3) is 5.46. The highest BCUT2D eigenvalue weighted by Gasteiger charge is 2.35. The van der Waals surface area contributed by atoms with E-state index >= 15 is 0 Å². The van der Waals surface area contributed by atoms with Gasteiger partial charge in [-0.25, -0.2) is 14.8 Å².